The Morgan fingerprint density at radius 1 is 1.22 bits per heavy atom. The minimum atomic E-state index is -4.50. The van der Waals surface area contributed by atoms with Crippen LogP contribution < -0.4 is 9.47 Å². The van der Waals surface area contributed by atoms with Gasteiger partial charge in [-0.25, -0.2) is 4.79 Å². The minimum absolute atomic E-state index is 0. The summed E-state index contributed by atoms with van der Waals surface area (Å²) in [7, 11) is 0. The van der Waals surface area contributed by atoms with Crippen molar-refractivity contribution < 1.29 is 35.4 Å². The molecule has 0 spiro atoms. The maximum absolute atomic E-state index is 12.7. The molecule has 2 rings (SSSR count). The van der Waals surface area contributed by atoms with Crippen molar-refractivity contribution in [2.24, 2.45) is 0 Å². The number of halogens is 4. The summed E-state index contributed by atoms with van der Waals surface area (Å²) < 4.78 is 49.0. The van der Waals surface area contributed by atoms with Gasteiger partial charge in [-0.15, -0.1) is 11.8 Å². The average molecular weight is 449 g/mol. The number of hydrogen-bond donors (Lipinski definition) is 1. The van der Waals surface area contributed by atoms with E-state index in [1.54, 1.807) is 18.4 Å². The van der Waals surface area contributed by atoms with Crippen LogP contribution in [0.4, 0.5) is 13.2 Å². The average Bonchev–Trinajstić information content (AvgIpc) is 2.56. The summed E-state index contributed by atoms with van der Waals surface area (Å²) in [6.45, 7) is 1.38. The Labute approximate surface area is 196 Å². The second kappa shape index (κ2) is 10.1. The fraction of sp³-hybridized carbons (Fsp3) is 0.235. The van der Waals surface area contributed by atoms with Crippen molar-refractivity contribution in [3.8, 4) is 17.2 Å². The molecule has 0 heterocycles. The summed E-state index contributed by atoms with van der Waals surface area (Å²) in [6.07, 6.45) is -3.79. The van der Waals surface area contributed by atoms with E-state index in [4.69, 9.17) is 26.2 Å². The van der Waals surface area contributed by atoms with Gasteiger partial charge >= 0.3 is 49.9 Å². The second-order valence-electron chi connectivity index (χ2n) is 5.16. The molecule has 10 heteroatoms. The molecule has 1 atom stereocenters. The first-order valence-corrected chi connectivity index (χ1v) is 8.84. The molecule has 0 radical (unpaired) electrons. The van der Waals surface area contributed by atoms with Gasteiger partial charge in [0.25, 0.3) is 0 Å². The summed E-state index contributed by atoms with van der Waals surface area (Å²) in [6, 6.07) is 7.45. The molecule has 2 aromatic rings. The van der Waals surface area contributed by atoms with Crippen molar-refractivity contribution in [2.45, 2.75) is 24.1 Å². The molecule has 0 aliphatic heterocycles. The molecule has 2 aromatic carbocycles. The summed E-state index contributed by atoms with van der Waals surface area (Å²) >= 11 is 7.22. The number of ether oxygens (including phenoxy) is 2. The SMILES string of the molecule is CSc1ccc(Oc2ccc(C(F)(F)F)cc2Cl)cc1OC(C)C(=O)O.[Ca+2].[H-].[H-]. The molecule has 0 bridgehead atoms. The Morgan fingerprint density at radius 2 is 1.89 bits per heavy atom. The molecular weight excluding hydrogens is 433 g/mol. The normalized spacial score (nSPS) is 12.1. The van der Waals surface area contributed by atoms with Crippen molar-refractivity contribution in [1.82, 2.24) is 0 Å². The topological polar surface area (TPSA) is 55.8 Å². The molecule has 0 aliphatic rings. The standard InChI is InChI=1S/C17H14ClF3O4S.Ca.2H/c1-9(16(22)23)24-14-8-11(4-6-15(14)26-2)25-13-5-3-10(7-12(13)18)17(19,20)21;;;/h3-9H,1-2H3,(H,22,23);;;/q;+2;2*-1. The van der Waals surface area contributed by atoms with Gasteiger partial charge < -0.3 is 17.4 Å². The zero-order chi connectivity index (χ0) is 19.5. The van der Waals surface area contributed by atoms with Crippen LogP contribution in [0, 0.1) is 0 Å². The van der Waals surface area contributed by atoms with E-state index in [2.05, 4.69) is 0 Å². The third kappa shape index (κ3) is 6.64. The first-order valence-electron chi connectivity index (χ1n) is 7.24. The zero-order valence-corrected chi connectivity index (χ0v) is 18.1. The number of aliphatic carboxylic acids is 1. The van der Waals surface area contributed by atoms with Crippen molar-refractivity contribution in [1.29, 1.82) is 0 Å². The van der Waals surface area contributed by atoms with Crippen molar-refractivity contribution in [3.63, 3.8) is 0 Å². The first-order chi connectivity index (χ1) is 12.1. The van der Waals surface area contributed by atoms with Gasteiger partial charge in [-0.1, -0.05) is 11.6 Å². The van der Waals surface area contributed by atoms with Crippen LogP contribution in [0.3, 0.4) is 0 Å². The van der Waals surface area contributed by atoms with Crippen LogP contribution in [-0.2, 0) is 11.0 Å². The molecule has 1 N–H and O–H groups in total. The summed E-state index contributed by atoms with van der Waals surface area (Å²) in [5.74, 6) is -0.562. The largest absolute Gasteiger partial charge is 2.00 e. The molecule has 0 aromatic heterocycles. The summed E-state index contributed by atoms with van der Waals surface area (Å²) in [4.78, 5) is 11.6. The van der Waals surface area contributed by atoms with E-state index >= 15 is 0 Å². The van der Waals surface area contributed by atoms with Gasteiger partial charge in [0.2, 0.25) is 0 Å². The van der Waals surface area contributed by atoms with Crippen molar-refractivity contribution >= 4 is 67.1 Å². The third-order valence-electron chi connectivity index (χ3n) is 3.27. The molecule has 4 nitrogen and oxygen atoms in total. The zero-order valence-electron chi connectivity index (χ0n) is 16.3. The van der Waals surface area contributed by atoms with Crippen molar-refractivity contribution in [2.75, 3.05) is 6.26 Å². The molecule has 144 valence electrons. The Balaban J connectivity index is 0. The van der Waals surface area contributed by atoms with E-state index in [0.717, 1.165) is 18.2 Å². The van der Waals surface area contributed by atoms with E-state index in [0.29, 0.717) is 4.90 Å². The maximum Gasteiger partial charge on any atom is 2.00 e. The van der Waals surface area contributed by atoms with Gasteiger partial charge in [0.05, 0.1) is 10.6 Å². The predicted molar refractivity (Wildman–Crippen MR) is 100 cm³/mol. The van der Waals surface area contributed by atoms with Gasteiger partial charge in [0.15, 0.2) is 6.10 Å². The molecule has 27 heavy (non-hydrogen) atoms. The monoisotopic (exact) mass is 448 g/mol. The van der Waals surface area contributed by atoms with Crippen LogP contribution in [0.5, 0.6) is 17.2 Å². The van der Waals surface area contributed by atoms with Gasteiger partial charge in [-0.2, -0.15) is 13.2 Å². The smallest absolute Gasteiger partial charge is 1.00 e. The number of thioether (sulfide) groups is 1. The Morgan fingerprint density at radius 3 is 2.41 bits per heavy atom. The van der Waals surface area contributed by atoms with Crippen molar-refractivity contribution in [3.05, 3.63) is 47.0 Å². The molecule has 0 saturated carbocycles. The van der Waals surface area contributed by atoms with Gasteiger partial charge in [0.1, 0.15) is 17.2 Å². The van der Waals surface area contributed by atoms with E-state index in [9.17, 15) is 18.0 Å². The number of benzene rings is 2. The van der Waals surface area contributed by atoms with E-state index in [1.807, 2.05) is 0 Å². The number of carboxylic acids is 1. The van der Waals surface area contributed by atoms with Crippen LogP contribution >= 0.6 is 23.4 Å². The Kier molecular flexibility index (Phi) is 9.08. The summed E-state index contributed by atoms with van der Waals surface area (Å²) in [5.41, 5.74) is -0.883. The number of hydrogen-bond acceptors (Lipinski definition) is 4. The predicted octanol–water partition coefficient (Wildman–Crippen LogP) is 5.57. The summed E-state index contributed by atoms with van der Waals surface area (Å²) in [5, 5.41) is 8.77. The maximum atomic E-state index is 12.7. The quantitative estimate of drug-likeness (QED) is 0.462. The van der Waals surface area contributed by atoms with Crippen LogP contribution in [0.15, 0.2) is 41.3 Å². The van der Waals surface area contributed by atoms with E-state index < -0.39 is 23.8 Å². The van der Waals surface area contributed by atoms with Crippen LogP contribution in [0.25, 0.3) is 0 Å². The number of rotatable bonds is 6. The second-order valence-corrected chi connectivity index (χ2v) is 6.41. The Hall–Kier alpha value is -0.800. The Bertz CT molecular complexity index is 828. The fourth-order valence-electron chi connectivity index (χ4n) is 1.94. The molecule has 0 fully saturated rings. The number of carbonyl (C=O) groups is 1. The van der Waals surface area contributed by atoms with Gasteiger partial charge in [-0.3, -0.25) is 0 Å². The van der Waals surface area contributed by atoms with Gasteiger partial charge in [0, 0.05) is 11.0 Å². The first kappa shape index (κ1) is 24.2. The number of alkyl halides is 3. The number of carboxylic acid groups (broad SMARTS) is 1. The van der Waals surface area contributed by atoms with Crippen LogP contribution in [0.1, 0.15) is 15.3 Å². The van der Waals surface area contributed by atoms with Crippen LogP contribution in [-0.4, -0.2) is 61.2 Å². The molecule has 0 aliphatic carbocycles. The minimum Gasteiger partial charge on any atom is -1.00 e. The molecular formula is C17H16CaClF3O4S. The molecule has 1 unspecified atom stereocenters. The fourth-order valence-corrected chi connectivity index (χ4v) is 2.67. The van der Waals surface area contributed by atoms with E-state index in [-0.39, 0.29) is 62.9 Å². The molecule has 0 amide bonds. The van der Waals surface area contributed by atoms with Gasteiger partial charge in [-0.05, 0) is 43.5 Å². The third-order valence-corrected chi connectivity index (χ3v) is 4.35. The van der Waals surface area contributed by atoms with Crippen LogP contribution in [0.2, 0.25) is 5.02 Å². The molecule has 0 saturated heterocycles. The van der Waals surface area contributed by atoms with E-state index in [1.165, 1.54) is 24.8 Å².